The summed E-state index contributed by atoms with van der Waals surface area (Å²) in [7, 11) is 0. The maximum atomic E-state index is 6.17. The van der Waals surface area contributed by atoms with E-state index >= 15 is 0 Å². The Bertz CT molecular complexity index is 552. The zero-order valence-electron chi connectivity index (χ0n) is 9.38. The second-order valence-corrected chi connectivity index (χ2v) is 5.27. The second-order valence-electron chi connectivity index (χ2n) is 4.12. The molecule has 0 atom stereocenters. The van der Waals surface area contributed by atoms with Crippen LogP contribution < -0.4 is 0 Å². The molecule has 84 valence electrons. The third-order valence-electron chi connectivity index (χ3n) is 2.50. The van der Waals surface area contributed by atoms with Crippen molar-refractivity contribution in [3.05, 3.63) is 33.1 Å². The minimum Gasteiger partial charge on any atom is -0.231 e. The first-order valence-electron chi connectivity index (χ1n) is 5.13. The van der Waals surface area contributed by atoms with E-state index in [-0.39, 0.29) is 5.92 Å². The summed E-state index contributed by atoms with van der Waals surface area (Å²) in [5, 5.41) is 1.67. The molecule has 0 aliphatic rings. The Labute approximate surface area is 108 Å². The summed E-state index contributed by atoms with van der Waals surface area (Å²) in [6, 6.07) is 3.86. The van der Waals surface area contributed by atoms with Crippen LogP contribution in [-0.2, 0) is 0 Å². The van der Waals surface area contributed by atoms with Gasteiger partial charge in [-0.1, -0.05) is 31.5 Å². The summed E-state index contributed by atoms with van der Waals surface area (Å²) in [6.07, 6.45) is 0. The summed E-state index contributed by atoms with van der Waals surface area (Å²) in [4.78, 5) is 8.97. The molecule has 1 heterocycles. The number of halogens is 2. The van der Waals surface area contributed by atoms with Gasteiger partial charge in [0.2, 0.25) is 0 Å². The SMILES string of the molecule is Cc1ccc(Cl)c2nc(C(C)C)nc(Br)c12. The van der Waals surface area contributed by atoms with Gasteiger partial charge < -0.3 is 0 Å². The van der Waals surface area contributed by atoms with Gasteiger partial charge in [-0.05, 0) is 34.5 Å². The fraction of sp³-hybridized carbons (Fsp3) is 0.333. The van der Waals surface area contributed by atoms with E-state index in [1.807, 2.05) is 19.1 Å². The molecular weight excluding hydrogens is 288 g/mol. The van der Waals surface area contributed by atoms with Crippen LogP contribution in [0, 0.1) is 6.92 Å². The Hall–Kier alpha value is -0.670. The molecule has 0 N–H and O–H groups in total. The molecule has 0 radical (unpaired) electrons. The van der Waals surface area contributed by atoms with Crippen molar-refractivity contribution in [1.29, 1.82) is 0 Å². The zero-order chi connectivity index (χ0) is 11.9. The third kappa shape index (κ3) is 1.94. The third-order valence-corrected chi connectivity index (χ3v) is 3.38. The normalized spacial score (nSPS) is 11.4. The molecule has 0 spiro atoms. The van der Waals surface area contributed by atoms with E-state index in [4.69, 9.17) is 11.6 Å². The number of aromatic nitrogens is 2. The summed E-state index contributed by atoms with van der Waals surface area (Å²) >= 11 is 9.66. The van der Waals surface area contributed by atoms with E-state index < -0.39 is 0 Å². The lowest BCUT2D eigenvalue weighted by molar-refractivity contribution is 0.779. The number of hydrogen-bond donors (Lipinski definition) is 0. The second kappa shape index (κ2) is 4.30. The van der Waals surface area contributed by atoms with Crippen molar-refractivity contribution in [3.8, 4) is 0 Å². The number of hydrogen-bond acceptors (Lipinski definition) is 2. The Morgan fingerprint density at radius 3 is 2.56 bits per heavy atom. The van der Waals surface area contributed by atoms with Gasteiger partial charge >= 0.3 is 0 Å². The summed E-state index contributed by atoms with van der Waals surface area (Å²) in [5.74, 6) is 1.10. The zero-order valence-corrected chi connectivity index (χ0v) is 11.7. The molecule has 0 aliphatic heterocycles. The summed E-state index contributed by atoms with van der Waals surface area (Å²) in [6.45, 7) is 6.16. The van der Waals surface area contributed by atoms with E-state index in [0.29, 0.717) is 5.02 Å². The predicted molar refractivity (Wildman–Crippen MR) is 71.1 cm³/mol. The number of fused-ring (bicyclic) bond motifs is 1. The number of benzene rings is 1. The molecule has 1 aromatic carbocycles. The molecule has 0 unspecified atom stereocenters. The molecular formula is C12H12BrClN2. The lowest BCUT2D eigenvalue weighted by atomic mass is 10.1. The molecule has 0 fully saturated rings. The van der Waals surface area contributed by atoms with Crippen LogP contribution in [0.2, 0.25) is 5.02 Å². The largest absolute Gasteiger partial charge is 0.231 e. The van der Waals surface area contributed by atoms with Crippen LogP contribution in [0.3, 0.4) is 0 Å². The number of aryl methyl sites for hydroxylation is 1. The average molecular weight is 300 g/mol. The molecule has 0 saturated carbocycles. The smallest absolute Gasteiger partial charge is 0.132 e. The van der Waals surface area contributed by atoms with Crippen LogP contribution in [0.1, 0.15) is 31.2 Å². The van der Waals surface area contributed by atoms with E-state index in [1.54, 1.807) is 0 Å². The van der Waals surface area contributed by atoms with Gasteiger partial charge in [-0.2, -0.15) is 0 Å². The lowest BCUT2D eigenvalue weighted by Crippen LogP contribution is -2.00. The minimum absolute atomic E-state index is 0.289. The van der Waals surface area contributed by atoms with Gasteiger partial charge in [0.25, 0.3) is 0 Å². The minimum atomic E-state index is 0.289. The predicted octanol–water partition coefficient (Wildman–Crippen LogP) is 4.48. The van der Waals surface area contributed by atoms with E-state index in [1.165, 1.54) is 0 Å². The van der Waals surface area contributed by atoms with Gasteiger partial charge in [0, 0.05) is 11.3 Å². The number of rotatable bonds is 1. The van der Waals surface area contributed by atoms with E-state index in [9.17, 15) is 0 Å². The van der Waals surface area contributed by atoms with Crippen LogP contribution in [0.4, 0.5) is 0 Å². The first-order chi connectivity index (χ1) is 7.50. The lowest BCUT2D eigenvalue weighted by Gasteiger charge is -2.09. The van der Waals surface area contributed by atoms with Crippen LogP contribution in [-0.4, -0.2) is 9.97 Å². The molecule has 16 heavy (non-hydrogen) atoms. The Balaban J connectivity index is 2.86. The first-order valence-corrected chi connectivity index (χ1v) is 6.30. The Morgan fingerprint density at radius 2 is 1.94 bits per heavy atom. The Morgan fingerprint density at radius 1 is 1.25 bits per heavy atom. The molecule has 0 amide bonds. The fourth-order valence-electron chi connectivity index (χ4n) is 1.59. The molecule has 0 aliphatic carbocycles. The topological polar surface area (TPSA) is 25.8 Å². The molecule has 4 heteroatoms. The molecule has 1 aromatic heterocycles. The van der Waals surface area contributed by atoms with Crippen molar-refractivity contribution in [3.63, 3.8) is 0 Å². The van der Waals surface area contributed by atoms with Crippen LogP contribution in [0.25, 0.3) is 10.9 Å². The summed E-state index contributed by atoms with van der Waals surface area (Å²) < 4.78 is 0.821. The maximum absolute atomic E-state index is 6.17. The van der Waals surface area contributed by atoms with Crippen molar-refractivity contribution >= 4 is 38.4 Å². The van der Waals surface area contributed by atoms with Gasteiger partial charge in [-0.3, -0.25) is 0 Å². The van der Waals surface area contributed by atoms with E-state index in [2.05, 4.69) is 39.7 Å². The highest BCUT2D eigenvalue weighted by Gasteiger charge is 2.12. The van der Waals surface area contributed by atoms with Crippen molar-refractivity contribution in [2.24, 2.45) is 0 Å². The van der Waals surface area contributed by atoms with Crippen LogP contribution in [0.5, 0.6) is 0 Å². The van der Waals surface area contributed by atoms with E-state index in [0.717, 1.165) is 26.9 Å². The quantitative estimate of drug-likeness (QED) is 0.726. The monoisotopic (exact) mass is 298 g/mol. The van der Waals surface area contributed by atoms with Gasteiger partial charge in [0.05, 0.1) is 10.5 Å². The first kappa shape index (κ1) is 11.8. The van der Waals surface area contributed by atoms with Crippen LogP contribution >= 0.6 is 27.5 Å². The van der Waals surface area contributed by atoms with Crippen molar-refractivity contribution in [1.82, 2.24) is 9.97 Å². The molecule has 0 saturated heterocycles. The highest BCUT2D eigenvalue weighted by molar-refractivity contribution is 9.10. The van der Waals surface area contributed by atoms with Crippen LogP contribution in [0.15, 0.2) is 16.7 Å². The van der Waals surface area contributed by atoms with Gasteiger partial charge in [0.1, 0.15) is 10.4 Å². The molecule has 0 bridgehead atoms. The van der Waals surface area contributed by atoms with Crippen molar-refractivity contribution in [2.45, 2.75) is 26.7 Å². The fourth-order valence-corrected chi connectivity index (χ4v) is 2.47. The number of nitrogens with zero attached hydrogens (tertiary/aromatic N) is 2. The molecule has 2 rings (SSSR count). The van der Waals surface area contributed by atoms with Gasteiger partial charge in [0.15, 0.2) is 0 Å². The van der Waals surface area contributed by atoms with Crippen molar-refractivity contribution in [2.75, 3.05) is 0 Å². The van der Waals surface area contributed by atoms with Gasteiger partial charge in [-0.25, -0.2) is 9.97 Å². The Kier molecular flexibility index (Phi) is 3.17. The highest BCUT2D eigenvalue weighted by atomic mass is 79.9. The standard InChI is InChI=1S/C12H12BrClN2/c1-6(2)12-15-10-8(14)5-4-7(3)9(10)11(13)16-12/h4-6H,1-3H3. The van der Waals surface area contributed by atoms with Crippen molar-refractivity contribution < 1.29 is 0 Å². The highest BCUT2D eigenvalue weighted by Crippen LogP contribution is 2.30. The maximum Gasteiger partial charge on any atom is 0.132 e. The molecule has 2 nitrogen and oxygen atoms in total. The molecule has 2 aromatic rings. The van der Waals surface area contributed by atoms with Gasteiger partial charge in [-0.15, -0.1) is 0 Å². The summed E-state index contributed by atoms with van der Waals surface area (Å²) in [5.41, 5.74) is 1.95. The average Bonchev–Trinajstić information content (AvgIpc) is 2.22.